The molecule has 152 valence electrons. The number of nitrogens with one attached hydrogen (secondary N) is 2. The van der Waals surface area contributed by atoms with Gasteiger partial charge in [0.25, 0.3) is 0 Å². The van der Waals surface area contributed by atoms with Crippen molar-refractivity contribution in [2.45, 2.75) is 43.9 Å². The average Bonchev–Trinajstić information content (AvgIpc) is 2.52. The number of hydrogen-bond donors (Lipinski definition) is 5. The van der Waals surface area contributed by atoms with Gasteiger partial charge < -0.3 is 26.0 Å². The van der Waals surface area contributed by atoms with Crippen molar-refractivity contribution in [2.24, 2.45) is 0 Å². The Kier molecular flexibility index (Phi) is 9.53. The van der Waals surface area contributed by atoms with Gasteiger partial charge in [-0.2, -0.15) is 13.2 Å². The Morgan fingerprint density at radius 2 is 1.44 bits per heavy atom. The zero-order valence-corrected chi connectivity index (χ0v) is 13.7. The third kappa shape index (κ3) is 10.5. The second kappa shape index (κ2) is 10.8. The molecule has 0 aromatic rings. The lowest BCUT2D eigenvalue weighted by atomic mass is 10.1. The minimum absolute atomic E-state index is 0.262. The lowest BCUT2D eigenvalue weighted by Crippen LogP contribution is -2.47. The van der Waals surface area contributed by atoms with Gasteiger partial charge >= 0.3 is 30.0 Å². The van der Waals surface area contributed by atoms with E-state index in [2.05, 4.69) is 0 Å². The molecule has 0 saturated carbocycles. The summed E-state index contributed by atoms with van der Waals surface area (Å²) >= 11 is 0. The van der Waals surface area contributed by atoms with Crippen molar-refractivity contribution >= 4 is 29.7 Å². The summed E-state index contributed by atoms with van der Waals surface area (Å²) in [6.45, 7) is 0. The normalized spacial score (nSPS) is 13.6. The molecule has 1 unspecified atom stereocenters. The Bertz CT molecular complexity index is 618. The molecule has 13 heteroatoms. The van der Waals surface area contributed by atoms with Crippen LogP contribution < -0.4 is 10.6 Å². The van der Waals surface area contributed by atoms with Crippen molar-refractivity contribution in [3.8, 4) is 0 Å². The van der Waals surface area contributed by atoms with Crippen molar-refractivity contribution in [3.63, 3.8) is 0 Å². The van der Waals surface area contributed by atoms with Gasteiger partial charge in [-0.1, -0.05) is 12.2 Å². The van der Waals surface area contributed by atoms with Crippen molar-refractivity contribution in [2.75, 3.05) is 0 Å². The van der Waals surface area contributed by atoms with Crippen LogP contribution >= 0.6 is 0 Å². The van der Waals surface area contributed by atoms with Crippen LogP contribution in [0.1, 0.15) is 25.7 Å². The molecule has 5 N–H and O–H groups in total. The molecule has 2 amide bonds. The molecule has 0 aromatic carbocycles. The molecule has 0 spiro atoms. The smallest absolute Gasteiger partial charge is 0.471 e. The number of carbonyl (C=O) groups is 5. The highest BCUT2D eigenvalue weighted by Gasteiger charge is 2.40. The molecule has 0 heterocycles. The van der Waals surface area contributed by atoms with Gasteiger partial charge in [0.1, 0.15) is 12.1 Å². The number of carboxylic acid groups (broad SMARTS) is 3. The number of halogens is 3. The predicted molar refractivity (Wildman–Crippen MR) is 80.4 cm³/mol. The van der Waals surface area contributed by atoms with Crippen molar-refractivity contribution in [1.29, 1.82) is 0 Å². The van der Waals surface area contributed by atoms with E-state index >= 15 is 0 Å². The molecule has 0 aromatic heterocycles. The molecule has 0 rings (SSSR count). The Balaban J connectivity index is 4.67. The molecule has 0 aliphatic rings. The number of hydrogen-bond acceptors (Lipinski definition) is 5. The maximum atomic E-state index is 12.1. The quantitative estimate of drug-likeness (QED) is 0.300. The summed E-state index contributed by atoms with van der Waals surface area (Å²) in [5, 5.41) is 29.4. The standard InChI is InChI=1S/C14H17F3N2O8/c15-14(16,17)13(27)19-8(12(25)26)5-6-9(20)18-7(11(23)24)3-1-2-4-10(21)22/h1-2,7-8H,3-6H2,(H,18,20)(H,19,27)(H,21,22)(H,23,24)(H,25,26)/t7?,8-/m1/s1. The molecular weight excluding hydrogens is 381 g/mol. The molecule has 0 aliphatic heterocycles. The fourth-order valence-corrected chi connectivity index (χ4v) is 1.68. The summed E-state index contributed by atoms with van der Waals surface area (Å²) in [6, 6.07) is -3.45. The highest BCUT2D eigenvalue weighted by atomic mass is 19.4. The first kappa shape index (κ1) is 23.9. The third-order valence-electron chi connectivity index (χ3n) is 2.99. The SMILES string of the molecule is O=C(O)CC=CCC(NC(=O)CC[C@@H](NC(=O)C(F)(F)F)C(=O)O)C(=O)O. The molecular formula is C14H17F3N2O8. The maximum Gasteiger partial charge on any atom is 0.471 e. The van der Waals surface area contributed by atoms with Gasteiger partial charge in [0.05, 0.1) is 6.42 Å². The van der Waals surface area contributed by atoms with Crippen LogP contribution in [0.4, 0.5) is 13.2 Å². The lowest BCUT2D eigenvalue weighted by molar-refractivity contribution is -0.175. The van der Waals surface area contributed by atoms with Gasteiger partial charge in [-0.25, -0.2) is 9.59 Å². The first-order valence-electron chi connectivity index (χ1n) is 7.34. The van der Waals surface area contributed by atoms with Crippen LogP contribution in [0.5, 0.6) is 0 Å². The summed E-state index contributed by atoms with van der Waals surface area (Å²) in [6.07, 6.45) is -4.93. The van der Waals surface area contributed by atoms with E-state index in [4.69, 9.17) is 15.3 Å². The van der Waals surface area contributed by atoms with E-state index in [1.807, 2.05) is 5.32 Å². The Labute approximate surface area is 150 Å². The van der Waals surface area contributed by atoms with Gasteiger partial charge in [-0.3, -0.25) is 14.4 Å². The molecule has 0 fully saturated rings. The van der Waals surface area contributed by atoms with Crippen molar-refractivity contribution in [1.82, 2.24) is 10.6 Å². The van der Waals surface area contributed by atoms with E-state index in [0.717, 1.165) is 6.08 Å². The second-order valence-corrected chi connectivity index (χ2v) is 5.16. The van der Waals surface area contributed by atoms with Crippen molar-refractivity contribution < 1.29 is 52.5 Å². The van der Waals surface area contributed by atoms with E-state index in [9.17, 15) is 37.1 Å². The first-order valence-corrected chi connectivity index (χ1v) is 7.34. The van der Waals surface area contributed by atoms with Crippen LogP contribution in [0.2, 0.25) is 0 Å². The number of amides is 2. The molecule has 0 radical (unpaired) electrons. The minimum Gasteiger partial charge on any atom is -0.481 e. The van der Waals surface area contributed by atoms with Crippen LogP contribution in [0.25, 0.3) is 0 Å². The number of rotatable bonds is 11. The summed E-state index contributed by atoms with van der Waals surface area (Å²) in [7, 11) is 0. The van der Waals surface area contributed by atoms with E-state index in [1.54, 1.807) is 0 Å². The minimum atomic E-state index is -5.30. The maximum absolute atomic E-state index is 12.1. The molecule has 0 bridgehead atoms. The number of aliphatic carboxylic acids is 3. The number of carboxylic acids is 3. The van der Waals surface area contributed by atoms with Crippen LogP contribution in [-0.2, 0) is 24.0 Å². The summed E-state index contributed by atoms with van der Waals surface area (Å²) in [4.78, 5) is 54.7. The number of alkyl halides is 3. The third-order valence-corrected chi connectivity index (χ3v) is 2.99. The largest absolute Gasteiger partial charge is 0.481 e. The van der Waals surface area contributed by atoms with E-state index in [1.165, 1.54) is 11.4 Å². The van der Waals surface area contributed by atoms with Gasteiger partial charge in [-0.05, 0) is 12.8 Å². The monoisotopic (exact) mass is 398 g/mol. The molecule has 0 aliphatic carbocycles. The fourth-order valence-electron chi connectivity index (χ4n) is 1.68. The topological polar surface area (TPSA) is 170 Å². The highest BCUT2D eigenvalue weighted by Crippen LogP contribution is 2.15. The molecule has 0 saturated heterocycles. The summed E-state index contributed by atoms with van der Waals surface area (Å²) in [5.74, 6) is -7.86. The highest BCUT2D eigenvalue weighted by molar-refractivity contribution is 5.88. The van der Waals surface area contributed by atoms with Crippen LogP contribution in [0, 0.1) is 0 Å². The fraction of sp³-hybridized carbons (Fsp3) is 0.500. The van der Waals surface area contributed by atoms with Gasteiger partial charge in [0.2, 0.25) is 5.91 Å². The van der Waals surface area contributed by atoms with Crippen molar-refractivity contribution in [3.05, 3.63) is 12.2 Å². The lowest BCUT2D eigenvalue weighted by Gasteiger charge is -2.16. The number of carbonyl (C=O) groups excluding carboxylic acids is 2. The van der Waals surface area contributed by atoms with Gasteiger partial charge in [0.15, 0.2) is 0 Å². The molecule has 2 atom stereocenters. The Morgan fingerprint density at radius 3 is 1.89 bits per heavy atom. The first-order chi connectivity index (χ1) is 12.3. The van der Waals surface area contributed by atoms with Crippen LogP contribution in [-0.4, -0.2) is 63.3 Å². The van der Waals surface area contributed by atoms with E-state index < -0.39 is 60.8 Å². The van der Waals surface area contributed by atoms with Crippen LogP contribution in [0.15, 0.2) is 12.2 Å². The molecule has 27 heavy (non-hydrogen) atoms. The summed E-state index contributed by atoms with van der Waals surface area (Å²) < 4.78 is 36.4. The second-order valence-electron chi connectivity index (χ2n) is 5.16. The van der Waals surface area contributed by atoms with Gasteiger partial charge in [0, 0.05) is 6.42 Å². The van der Waals surface area contributed by atoms with E-state index in [-0.39, 0.29) is 12.8 Å². The zero-order valence-electron chi connectivity index (χ0n) is 13.7. The average molecular weight is 398 g/mol. The van der Waals surface area contributed by atoms with E-state index in [0.29, 0.717) is 0 Å². The predicted octanol–water partition coefficient (Wildman–Crippen LogP) is -0.111. The summed E-state index contributed by atoms with van der Waals surface area (Å²) in [5.41, 5.74) is 0. The Hall–Kier alpha value is -3.12. The molecule has 10 nitrogen and oxygen atoms in total. The zero-order chi connectivity index (χ0) is 21.2. The Morgan fingerprint density at radius 1 is 0.889 bits per heavy atom. The van der Waals surface area contributed by atoms with Gasteiger partial charge in [-0.15, -0.1) is 0 Å². The van der Waals surface area contributed by atoms with Crippen LogP contribution in [0.3, 0.4) is 0 Å².